The van der Waals surface area contributed by atoms with Crippen LogP contribution in [-0.4, -0.2) is 15.2 Å². The van der Waals surface area contributed by atoms with E-state index in [1.165, 1.54) is 0 Å². The van der Waals surface area contributed by atoms with Crippen LogP contribution in [0.15, 0.2) is 27.9 Å². The van der Waals surface area contributed by atoms with Crippen LogP contribution in [0, 0.1) is 6.92 Å². The zero-order chi connectivity index (χ0) is 15.5. The number of nitrogens with zero attached hydrogens (tertiary/aromatic N) is 3. The first-order valence-electron chi connectivity index (χ1n) is 6.40. The van der Waals surface area contributed by atoms with Crippen LogP contribution in [0.2, 0.25) is 10.0 Å². The number of thioether (sulfide) groups is 1. The maximum Gasteiger partial charge on any atom is 0.174 e. The normalized spacial score (nSPS) is 11.0. The fourth-order valence-electron chi connectivity index (χ4n) is 1.79. The molecule has 0 radical (unpaired) electrons. The Morgan fingerprint density at radius 3 is 2.77 bits per heavy atom. The first kappa shape index (κ1) is 16.2. The van der Waals surface area contributed by atoms with Gasteiger partial charge in [0.05, 0.1) is 20.7 Å². The standard InChI is InChI=1S/C14H11Cl2N3S3/c1-8-18-19-14(22-8)21-7-10-6-20-13(17-10)5-9-2-3-11(15)12(16)4-9/h2-4,6H,5,7H2,1H3. The lowest BCUT2D eigenvalue weighted by Gasteiger charge is -2.00. The second-order valence-corrected chi connectivity index (χ2v) is 8.69. The molecule has 0 N–H and O–H groups in total. The van der Waals surface area contributed by atoms with E-state index in [1.807, 2.05) is 25.1 Å². The lowest BCUT2D eigenvalue weighted by atomic mass is 10.2. The Labute approximate surface area is 150 Å². The van der Waals surface area contributed by atoms with Gasteiger partial charge in [-0.25, -0.2) is 4.98 Å². The highest BCUT2D eigenvalue weighted by molar-refractivity contribution is 8.00. The van der Waals surface area contributed by atoms with Crippen molar-refractivity contribution in [2.24, 2.45) is 0 Å². The van der Waals surface area contributed by atoms with Gasteiger partial charge in [-0.05, 0) is 24.6 Å². The van der Waals surface area contributed by atoms with Crippen molar-refractivity contribution in [2.75, 3.05) is 0 Å². The summed E-state index contributed by atoms with van der Waals surface area (Å²) in [7, 11) is 0. The number of benzene rings is 1. The molecule has 2 aromatic heterocycles. The largest absolute Gasteiger partial charge is 0.245 e. The van der Waals surface area contributed by atoms with E-state index in [1.54, 1.807) is 34.4 Å². The van der Waals surface area contributed by atoms with Gasteiger partial charge in [0, 0.05) is 17.6 Å². The highest BCUT2D eigenvalue weighted by atomic mass is 35.5. The van der Waals surface area contributed by atoms with Crippen molar-refractivity contribution in [1.82, 2.24) is 15.2 Å². The van der Waals surface area contributed by atoms with Crippen molar-refractivity contribution in [3.05, 3.63) is 54.9 Å². The molecular formula is C14H11Cl2N3S3. The summed E-state index contributed by atoms with van der Waals surface area (Å²) < 4.78 is 0.983. The third-order valence-electron chi connectivity index (χ3n) is 2.79. The van der Waals surface area contributed by atoms with Gasteiger partial charge in [-0.3, -0.25) is 0 Å². The molecule has 0 fully saturated rings. The maximum absolute atomic E-state index is 6.04. The van der Waals surface area contributed by atoms with Crippen LogP contribution in [0.1, 0.15) is 21.3 Å². The Balaban J connectivity index is 1.62. The van der Waals surface area contributed by atoms with E-state index in [0.29, 0.717) is 10.0 Å². The molecule has 0 aliphatic carbocycles. The molecule has 114 valence electrons. The molecule has 0 saturated heterocycles. The number of hydrogen-bond acceptors (Lipinski definition) is 6. The van der Waals surface area contributed by atoms with Crippen LogP contribution >= 0.6 is 57.6 Å². The molecule has 2 heterocycles. The van der Waals surface area contributed by atoms with Gasteiger partial charge in [-0.2, -0.15) is 0 Å². The molecule has 0 saturated carbocycles. The molecule has 0 atom stereocenters. The summed E-state index contributed by atoms with van der Waals surface area (Å²) in [4.78, 5) is 4.66. The minimum atomic E-state index is 0.578. The molecule has 1 aromatic carbocycles. The van der Waals surface area contributed by atoms with E-state index in [-0.39, 0.29) is 0 Å². The summed E-state index contributed by atoms with van der Waals surface area (Å²) in [5.41, 5.74) is 2.18. The molecule has 0 aliphatic heterocycles. The molecule has 0 spiro atoms. The van der Waals surface area contributed by atoms with Crippen molar-refractivity contribution in [2.45, 2.75) is 23.4 Å². The zero-order valence-electron chi connectivity index (χ0n) is 11.5. The lowest BCUT2D eigenvalue weighted by molar-refractivity contribution is 0.982. The summed E-state index contributed by atoms with van der Waals surface area (Å²) in [5, 5.41) is 13.4. The smallest absolute Gasteiger partial charge is 0.174 e. The molecule has 0 amide bonds. The van der Waals surface area contributed by atoms with Gasteiger partial charge in [0.2, 0.25) is 0 Å². The van der Waals surface area contributed by atoms with E-state index < -0.39 is 0 Å². The van der Waals surface area contributed by atoms with Crippen LogP contribution in [-0.2, 0) is 12.2 Å². The highest BCUT2D eigenvalue weighted by Crippen LogP contribution is 2.27. The number of rotatable bonds is 5. The van der Waals surface area contributed by atoms with Gasteiger partial charge in [0.1, 0.15) is 5.01 Å². The van der Waals surface area contributed by atoms with Crippen LogP contribution < -0.4 is 0 Å². The first-order valence-corrected chi connectivity index (χ1v) is 9.84. The molecule has 3 nitrogen and oxygen atoms in total. The fraction of sp³-hybridized carbons (Fsp3) is 0.214. The minimum absolute atomic E-state index is 0.578. The monoisotopic (exact) mass is 387 g/mol. The number of hydrogen-bond donors (Lipinski definition) is 0. The zero-order valence-corrected chi connectivity index (χ0v) is 15.5. The van der Waals surface area contributed by atoms with Gasteiger partial charge in [0.15, 0.2) is 4.34 Å². The molecule has 0 aliphatic rings. The van der Waals surface area contributed by atoms with Crippen molar-refractivity contribution < 1.29 is 0 Å². The molecular weight excluding hydrogens is 377 g/mol. The molecule has 3 rings (SSSR count). The first-order chi connectivity index (χ1) is 10.6. The molecule has 0 unspecified atom stereocenters. The second-order valence-electron chi connectivity index (χ2n) is 4.53. The van der Waals surface area contributed by atoms with Crippen molar-refractivity contribution >= 4 is 57.6 Å². The van der Waals surface area contributed by atoms with Crippen LogP contribution in [0.25, 0.3) is 0 Å². The third-order valence-corrected chi connectivity index (χ3v) is 6.43. The molecule has 0 bridgehead atoms. The van der Waals surface area contributed by atoms with E-state index in [0.717, 1.165) is 37.8 Å². The van der Waals surface area contributed by atoms with Gasteiger partial charge in [-0.15, -0.1) is 21.5 Å². The van der Waals surface area contributed by atoms with Gasteiger partial charge < -0.3 is 0 Å². The Bertz CT molecular complexity index is 785. The predicted octanol–water partition coefficient (Wildman–Crippen LogP) is 5.49. The van der Waals surface area contributed by atoms with Crippen LogP contribution in [0.3, 0.4) is 0 Å². The molecule has 22 heavy (non-hydrogen) atoms. The SMILES string of the molecule is Cc1nnc(SCc2csc(Cc3ccc(Cl)c(Cl)c3)n2)s1. The Hall–Kier alpha value is -0.660. The Kier molecular flexibility index (Phi) is 5.36. The van der Waals surface area contributed by atoms with Crippen molar-refractivity contribution in [1.29, 1.82) is 0 Å². The predicted molar refractivity (Wildman–Crippen MR) is 95.6 cm³/mol. The van der Waals surface area contributed by atoms with Crippen LogP contribution in [0.5, 0.6) is 0 Å². The lowest BCUT2D eigenvalue weighted by Crippen LogP contribution is -1.89. The number of aryl methyl sites for hydroxylation is 1. The number of thiazole rings is 1. The van der Waals surface area contributed by atoms with E-state index >= 15 is 0 Å². The maximum atomic E-state index is 6.04. The average Bonchev–Trinajstić information content (AvgIpc) is 3.10. The molecule has 3 aromatic rings. The Morgan fingerprint density at radius 1 is 1.18 bits per heavy atom. The van der Waals surface area contributed by atoms with Crippen LogP contribution in [0.4, 0.5) is 0 Å². The summed E-state index contributed by atoms with van der Waals surface area (Å²) in [6.45, 7) is 1.96. The average molecular weight is 388 g/mol. The minimum Gasteiger partial charge on any atom is -0.245 e. The van der Waals surface area contributed by atoms with E-state index in [2.05, 4.69) is 20.6 Å². The Morgan fingerprint density at radius 2 is 2.05 bits per heavy atom. The molecule has 8 heteroatoms. The fourth-order valence-corrected chi connectivity index (χ4v) is 4.76. The summed E-state index contributed by atoms with van der Waals surface area (Å²) in [6, 6.07) is 5.69. The van der Waals surface area contributed by atoms with Crippen molar-refractivity contribution in [3.63, 3.8) is 0 Å². The highest BCUT2D eigenvalue weighted by Gasteiger charge is 2.07. The summed E-state index contributed by atoms with van der Waals surface area (Å²) >= 11 is 16.9. The quantitative estimate of drug-likeness (QED) is 0.542. The van der Waals surface area contributed by atoms with Gasteiger partial charge >= 0.3 is 0 Å². The number of aromatic nitrogens is 3. The van der Waals surface area contributed by atoms with Gasteiger partial charge in [0.25, 0.3) is 0 Å². The summed E-state index contributed by atoms with van der Waals surface area (Å²) in [5.74, 6) is 0.812. The summed E-state index contributed by atoms with van der Waals surface area (Å²) in [6.07, 6.45) is 0.768. The number of halogens is 2. The second kappa shape index (κ2) is 7.27. The van der Waals surface area contributed by atoms with Crippen molar-refractivity contribution in [3.8, 4) is 0 Å². The van der Waals surface area contributed by atoms with E-state index in [9.17, 15) is 0 Å². The van der Waals surface area contributed by atoms with Gasteiger partial charge in [-0.1, -0.05) is 52.4 Å². The topological polar surface area (TPSA) is 38.7 Å². The third kappa shape index (κ3) is 4.20. The van der Waals surface area contributed by atoms with E-state index in [4.69, 9.17) is 23.2 Å².